The van der Waals surface area contributed by atoms with Crippen molar-refractivity contribution in [3.8, 4) is 0 Å². The molecular weight excluding hydrogens is 445 g/mol. The van der Waals surface area contributed by atoms with Crippen molar-refractivity contribution in [3.05, 3.63) is 39.6 Å². The Morgan fingerprint density at radius 2 is 1.97 bits per heavy atom. The highest BCUT2D eigenvalue weighted by Crippen LogP contribution is 2.24. The summed E-state index contributed by atoms with van der Waals surface area (Å²) in [5.41, 5.74) is 0.412. The number of nitrogens with one attached hydrogen (secondary N) is 2. The molecule has 0 spiro atoms. The molecule has 162 valence electrons. The van der Waals surface area contributed by atoms with Gasteiger partial charge in [-0.1, -0.05) is 54.7 Å². The Kier molecular flexibility index (Phi) is 8.02. The lowest BCUT2D eigenvalue weighted by Gasteiger charge is -2.29. The second-order valence-corrected chi connectivity index (χ2v) is 9.25. The number of rotatable bonds is 7. The van der Waals surface area contributed by atoms with Crippen molar-refractivity contribution in [1.82, 2.24) is 25.4 Å². The van der Waals surface area contributed by atoms with E-state index in [-0.39, 0.29) is 30.2 Å². The van der Waals surface area contributed by atoms with Gasteiger partial charge in [-0.2, -0.15) is 0 Å². The maximum absolute atomic E-state index is 12.3. The van der Waals surface area contributed by atoms with E-state index >= 15 is 0 Å². The van der Waals surface area contributed by atoms with Crippen LogP contribution in [0.25, 0.3) is 0 Å². The van der Waals surface area contributed by atoms with Gasteiger partial charge in [-0.25, -0.2) is 0 Å². The van der Waals surface area contributed by atoms with Gasteiger partial charge in [-0.05, 0) is 37.0 Å². The minimum atomic E-state index is -0.285. The average Bonchev–Trinajstić information content (AvgIpc) is 3.08. The number of nitrogens with zero attached hydrogens (tertiary/aromatic N) is 3. The molecule has 0 radical (unpaired) electrons. The van der Waals surface area contributed by atoms with Crippen LogP contribution in [0, 0.1) is 5.92 Å². The lowest BCUT2D eigenvalue weighted by Crippen LogP contribution is -2.41. The van der Waals surface area contributed by atoms with Crippen LogP contribution in [0.2, 0.25) is 10.0 Å². The fourth-order valence-electron chi connectivity index (χ4n) is 3.43. The number of aromatic nitrogens is 3. The number of amides is 2. The Bertz CT molecular complexity index is 921. The summed E-state index contributed by atoms with van der Waals surface area (Å²) in [6.07, 6.45) is 4.62. The average molecular weight is 470 g/mol. The zero-order valence-electron chi connectivity index (χ0n) is 17.0. The molecule has 0 bridgehead atoms. The van der Waals surface area contributed by atoms with Crippen molar-refractivity contribution in [3.63, 3.8) is 0 Å². The Morgan fingerprint density at radius 3 is 2.70 bits per heavy atom. The fraction of sp³-hybridized carbons (Fsp3) is 0.500. The summed E-state index contributed by atoms with van der Waals surface area (Å²) in [6, 6.07) is 4.96. The van der Waals surface area contributed by atoms with E-state index in [1.54, 1.807) is 16.7 Å². The topological polar surface area (TPSA) is 88.9 Å². The number of hydrogen-bond acceptors (Lipinski definition) is 5. The van der Waals surface area contributed by atoms with E-state index in [1.807, 2.05) is 7.05 Å². The molecule has 1 aliphatic rings. The van der Waals surface area contributed by atoms with Gasteiger partial charge in [0.15, 0.2) is 11.0 Å². The van der Waals surface area contributed by atoms with E-state index in [4.69, 9.17) is 23.2 Å². The molecule has 0 aliphatic heterocycles. The second kappa shape index (κ2) is 10.5. The zero-order valence-corrected chi connectivity index (χ0v) is 19.3. The summed E-state index contributed by atoms with van der Waals surface area (Å²) in [5, 5.41) is 15.5. The molecular formula is C20H25Cl2N5O2S. The van der Waals surface area contributed by atoms with Crippen LogP contribution in [0.5, 0.6) is 0 Å². The van der Waals surface area contributed by atoms with Gasteiger partial charge in [0.1, 0.15) is 0 Å². The van der Waals surface area contributed by atoms with Gasteiger partial charge in [-0.3, -0.25) is 9.59 Å². The first-order valence-electron chi connectivity index (χ1n) is 9.89. The maximum atomic E-state index is 12.3. The van der Waals surface area contributed by atoms with Crippen molar-refractivity contribution in [2.45, 2.75) is 50.4 Å². The van der Waals surface area contributed by atoms with Crippen molar-refractivity contribution in [2.75, 3.05) is 5.75 Å². The summed E-state index contributed by atoms with van der Waals surface area (Å²) in [4.78, 5) is 24.6. The van der Waals surface area contributed by atoms with Crippen LogP contribution in [0.3, 0.4) is 0 Å². The lowest BCUT2D eigenvalue weighted by molar-refractivity contribution is -0.119. The molecule has 30 heavy (non-hydrogen) atoms. The monoisotopic (exact) mass is 469 g/mol. The largest absolute Gasteiger partial charge is 0.352 e. The minimum absolute atomic E-state index is 0.0104. The summed E-state index contributed by atoms with van der Waals surface area (Å²) in [5.74, 6) is 1.12. The van der Waals surface area contributed by atoms with Crippen molar-refractivity contribution >= 4 is 46.8 Å². The first kappa shape index (κ1) is 22.9. The van der Waals surface area contributed by atoms with Crippen LogP contribution in [0.15, 0.2) is 23.4 Å². The van der Waals surface area contributed by atoms with Crippen LogP contribution in [-0.4, -0.2) is 38.4 Å². The molecule has 10 heteroatoms. The van der Waals surface area contributed by atoms with E-state index in [1.165, 1.54) is 37.1 Å². The smallest absolute Gasteiger partial charge is 0.251 e. The van der Waals surface area contributed by atoms with Gasteiger partial charge in [0.05, 0.1) is 22.3 Å². The molecule has 1 heterocycles. The predicted molar refractivity (Wildman–Crippen MR) is 119 cm³/mol. The molecule has 0 unspecified atom stereocenters. The van der Waals surface area contributed by atoms with Gasteiger partial charge in [0, 0.05) is 18.7 Å². The maximum Gasteiger partial charge on any atom is 0.251 e. The van der Waals surface area contributed by atoms with Gasteiger partial charge < -0.3 is 15.2 Å². The molecule has 2 N–H and O–H groups in total. The number of carbonyl (C=O) groups excluding carboxylic acids is 2. The number of benzene rings is 1. The van der Waals surface area contributed by atoms with Crippen molar-refractivity contribution < 1.29 is 9.59 Å². The molecule has 1 aromatic carbocycles. The van der Waals surface area contributed by atoms with Crippen molar-refractivity contribution in [2.24, 2.45) is 13.0 Å². The van der Waals surface area contributed by atoms with E-state index in [9.17, 15) is 9.59 Å². The Morgan fingerprint density at radius 1 is 1.20 bits per heavy atom. The molecule has 1 fully saturated rings. The highest BCUT2D eigenvalue weighted by molar-refractivity contribution is 7.99. The molecule has 1 saturated carbocycles. The Hall–Kier alpha value is -1.77. The zero-order chi connectivity index (χ0) is 21.7. The van der Waals surface area contributed by atoms with Crippen LogP contribution in [-0.2, 0) is 18.4 Å². The van der Waals surface area contributed by atoms with E-state index in [0.717, 1.165) is 6.42 Å². The number of thioether (sulfide) groups is 1. The number of halogens is 2. The van der Waals surface area contributed by atoms with Crippen LogP contribution in [0.1, 0.15) is 48.8 Å². The van der Waals surface area contributed by atoms with Crippen LogP contribution in [0.4, 0.5) is 0 Å². The van der Waals surface area contributed by atoms with Crippen LogP contribution >= 0.6 is 35.0 Å². The number of carbonyl (C=O) groups is 2. The molecule has 1 aliphatic carbocycles. The minimum Gasteiger partial charge on any atom is -0.352 e. The van der Waals surface area contributed by atoms with Gasteiger partial charge >= 0.3 is 0 Å². The van der Waals surface area contributed by atoms with E-state index < -0.39 is 0 Å². The van der Waals surface area contributed by atoms with Crippen LogP contribution < -0.4 is 10.6 Å². The second-order valence-electron chi connectivity index (χ2n) is 7.49. The summed E-state index contributed by atoms with van der Waals surface area (Å²) < 4.78 is 1.77. The fourth-order valence-corrected chi connectivity index (χ4v) is 4.47. The third kappa shape index (κ3) is 5.89. The quantitative estimate of drug-likeness (QED) is 0.601. The molecule has 7 nitrogen and oxygen atoms in total. The Balaban J connectivity index is 1.49. The normalized spacial score (nSPS) is 18.8. The lowest BCUT2D eigenvalue weighted by atomic mass is 9.86. The summed E-state index contributed by atoms with van der Waals surface area (Å²) >= 11 is 13.2. The molecule has 2 aromatic rings. The SMILES string of the molecule is C[C@@H]1CCCC[C@@H]1NC(=O)CSc1nnc(CNC(=O)c2ccc(Cl)c(Cl)c2)n1C. The van der Waals surface area contributed by atoms with Gasteiger partial charge in [0.25, 0.3) is 5.91 Å². The predicted octanol–water partition coefficient (Wildman–Crippen LogP) is 3.84. The third-order valence-electron chi connectivity index (χ3n) is 5.30. The van der Waals surface area contributed by atoms with E-state index in [0.29, 0.717) is 32.5 Å². The third-order valence-corrected chi connectivity index (χ3v) is 7.06. The summed E-state index contributed by atoms with van der Waals surface area (Å²) in [7, 11) is 1.81. The molecule has 1 aromatic heterocycles. The number of hydrogen-bond donors (Lipinski definition) is 2. The molecule has 3 rings (SSSR count). The molecule has 2 atom stereocenters. The van der Waals surface area contributed by atoms with E-state index in [2.05, 4.69) is 27.8 Å². The van der Waals surface area contributed by atoms with Gasteiger partial charge in [-0.15, -0.1) is 10.2 Å². The summed E-state index contributed by atoms with van der Waals surface area (Å²) in [6.45, 7) is 2.40. The first-order chi connectivity index (χ1) is 14.3. The standard InChI is InChI=1S/C20H25Cl2N5O2S/c1-12-5-3-4-6-16(12)24-18(28)11-30-20-26-25-17(27(20)2)10-23-19(29)13-7-8-14(21)15(22)9-13/h7-9,12,16H,3-6,10-11H2,1-2H3,(H,23,29)(H,24,28)/t12-,16+/m1/s1. The highest BCUT2D eigenvalue weighted by Gasteiger charge is 2.23. The van der Waals surface area contributed by atoms with Gasteiger partial charge in [0.2, 0.25) is 5.91 Å². The highest BCUT2D eigenvalue weighted by atomic mass is 35.5. The molecule has 2 amide bonds. The molecule has 0 saturated heterocycles. The Labute approximate surface area is 190 Å². The van der Waals surface area contributed by atoms with Crippen molar-refractivity contribution in [1.29, 1.82) is 0 Å². The first-order valence-corrected chi connectivity index (χ1v) is 11.6.